The fourth-order valence-electron chi connectivity index (χ4n) is 1.68. The number of aryl methyl sites for hydroxylation is 1. The summed E-state index contributed by atoms with van der Waals surface area (Å²) < 4.78 is 18.9. The molecule has 0 bridgehead atoms. The van der Waals surface area contributed by atoms with E-state index >= 15 is 0 Å². The number of hydrogen-bond donors (Lipinski definition) is 1. The van der Waals surface area contributed by atoms with Crippen LogP contribution >= 0.6 is 0 Å². The van der Waals surface area contributed by atoms with Gasteiger partial charge in [-0.15, -0.1) is 0 Å². The third-order valence-electron chi connectivity index (χ3n) is 2.66. The first-order chi connectivity index (χ1) is 9.06. The molecule has 0 radical (unpaired) electrons. The third kappa shape index (κ3) is 3.31. The molecule has 0 aliphatic carbocycles. The summed E-state index contributed by atoms with van der Waals surface area (Å²) in [6.45, 7) is 1.92. The molecule has 2 aromatic carbocycles. The highest BCUT2D eigenvalue weighted by Gasteiger charge is 2.06. The molecule has 4 heteroatoms. The lowest BCUT2D eigenvalue weighted by atomic mass is 10.1. The van der Waals surface area contributed by atoms with Crippen molar-refractivity contribution in [3.05, 3.63) is 65.0 Å². The van der Waals surface area contributed by atoms with Crippen LogP contribution in [0.3, 0.4) is 0 Å². The lowest BCUT2D eigenvalue weighted by molar-refractivity contribution is 0.0696. The van der Waals surface area contributed by atoms with Crippen molar-refractivity contribution in [2.24, 2.45) is 0 Å². The number of aromatic carboxylic acids is 1. The van der Waals surface area contributed by atoms with Crippen LogP contribution in [-0.4, -0.2) is 11.1 Å². The van der Waals surface area contributed by atoms with E-state index in [-0.39, 0.29) is 17.9 Å². The summed E-state index contributed by atoms with van der Waals surface area (Å²) in [5.74, 6) is -1.26. The van der Waals surface area contributed by atoms with Crippen molar-refractivity contribution < 1.29 is 19.0 Å². The van der Waals surface area contributed by atoms with Gasteiger partial charge in [-0.05, 0) is 42.3 Å². The van der Waals surface area contributed by atoms with Crippen molar-refractivity contribution in [3.8, 4) is 5.75 Å². The average molecular weight is 260 g/mol. The molecule has 3 nitrogen and oxygen atoms in total. The van der Waals surface area contributed by atoms with Gasteiger partial charge in [0.15, 0.2) is 11.6 Å². The minimum absolute atomic E-state index is 0.126. The van der Waals surface area contributed by atoms with Crippen LogP contribution < -0.4 is 4.74 Å². The molecule has 19 heavy (non-hydrogen) atoms. The van der Waals surface area contributed by atoms with E-state index in [0.717, 1.165) is 5.56 Å². The zero-order chi connectivity index (χ0) is 13.8. The maximum Gasteiger partial charge on any atom is 0.335 e. The van der Waals surface area contributed by atoms with Gasteiger partial charge in [-0.25, -0.2) is 9.18 Å². The summed E-state index contributed by atoms with van der Waals surface area (Å²) in [7, 11) is 0. The van der Waals surface area contributed by atoms with E-state index in [4.69, 9.17) is 9.84 Å². The Morgan fingerprint density at radius 2 is 2.05 bits per heavy atom. The van der Waals surface area contributed by atoms with Gasteiger partial charge in [0.1, 0.15) is 6.61 Å². The van der Waals surface area contributed by atoms with Crippen LogP contribution in [0.2, 0.25) is 0 Å². The molecule has 0 fully saturated rings. The van der Waals surface area contributed by atoms with Crippen molar-refractivity contribution in [2.75, 3.05) is 0 Å². The van der Waals surface area contributed by atoms with Gasteiger partial charge >= 0.3 is 5.97 Å². The standard InChI is InChI=1S/C15H13FO3/c1-10-5-6-14(13(16)7-10)19-9-11-3-2-4-12(8-11)15(17)18/h2-8H,9H2,1H3,(H,17,18). The molecule has 0 unspecified atom stereocenters. The first-order valence-electron chi connectivity index (χ1n) is 5.77. The number of rotatable bonds is 4. The average Bonchev–Trinajstić information content (AvgIpc) is 2.38. The van der Waals surface area contributed by atoms with Gasteiger partial charge in [0.2, 0.25) is 0 Å². The van der Waals surface area contributed by atoms with Crippen molar-refractivity contribution in [1.82, 2.24) is 0 Å². The monoisotopic (exact) mass is 260 g/mol. The van der Waals surface area contributed by atoms with Gasteiger partial charge in [0.25, 0.3) is 0 Å². The van der Waals surface area contributed by atoms with E-state index in [1.165, 1.54) is 18.2 Å². The third-order valence-corrected chi connectivity index (χ3v) is 2.66. The Morgan fingerprint density at radius 3 is 2.74 bits per heavy atom. The number of halogens is 1. The second-order valence-electron chi connectivity index (χ2n) is 4.23. The molecule has 0 atom stereocenters. The molecule has 0 saturated heterocycles. The van der Waals surface area contributed by atoms with E-state index in [9.17, 15) is 9.18 Å². The number of carbonyl (C=O) groups is 1. The van der Waals surface area contributed by atoms with Crippen LogP contribution in [0.5, 0.6) is 5.75 Å². The summed E-state index contributed by atoms with van der Waals surface area (Å²) >= 11 is 0. The topological polar surface area (TPSA) is 46.5 Å². The molecule has 0 aliphatic rings. The minimum atomic E-state index is -0.997. The molecule has 98 valence electrons. The predicted molar refractivity (Wildman–Crippen MR) is 68.9 cm³/mol. The van der Waals surface area contributed by atoms with Crippen LogP contribution in [0.1, 0.15) is 21.5 Å². The van der Waals surface area contributed by atoms with Crippen LogP contribution in [0.4, 0.5) is 4.39 Å². The lowest BCUT2D eigenvalue weighted by Gasteiger charge is -2.08. The lowest BCUT2D eigenvalue weighted by Crippen LogP contribution is -2.01. The summed E-state index contributed by atoms with van der Waals surface area (Å²) in [5.41, 5.74) is 1.68. The summed E-state index contributed by atoms with van der Waals surface area (Å²) in [4.78, 5) is 10.8. The fourth-order valence-corrected chi connectivity index (χ4v) is 1.68. The Bertz CT molecular complexity index is 608. The molecule has 0 amide bonds. The first-order valence-corrected chi connectivity index (χ1v) is 5.77. The van der Waals surface area contributed by atoms with E-state index < -0.39 is 11.8 Å². The Morgan fingerprint density at radius 1 is 1.26 bits per heavy atom. The number of carboxylic acid groups (broad SMARTS) is 1. The van der Waals surface area contributed by atoms with E-state index in [1.54, 1.807) is 31.2 Å². The molecule has 0 saturated carbocycles. The SMILES string of the molecule is Cc1ccc(OCc2cccc(C(=O)O)c2)c(F)c1. The second kappa shape index (κ2) is 5.52. The van der Waals surface area contributed by atoms with Gasteiger partial charge in [-0.3, -0.25) is 0 Å². The van der Waals surface area contributed by atoms with Crippen molar-refractivity contribution >= 4 is 5.97 Å². The fraction of sp³-hybridized carbons (Fsp3) is 0.133. The summed E-state index contributed by atoms with van der Waals surface area (Å²) in [6, 6.07) is 11.1. The largest absolute Gasteiger partial charge is 0.486 e. The molecule has 0 aromatic heterocycles. The highest BCUT2D eigenvalue weighted by atomic mass is 19.1. The van der Waals surface area contributed by atoms with Crippen LogP contribution in [0.15, 0.2) is 42.5 Å². The molecule has 0 spiro atoms. The van der Waals surface area contributed by atoms with Crippen molar-refractivity contribution in [2.45, 2.75) is 13.5 Å². The van der Waals surface area contributed by atoms with Gasteiger partial charge in [-0.1, -0.05) is 18.2 Å². The number of benzene rings is 2. The number of carboxylic acids is 1. The minimum Gasteiger partial charge on any atom is -0.486 e. The quantitative estimate of drug-likeness (QED) is 0.916. The zero-order valence-corrected chi connectivity index (χ0v) is 10.4. The van der Waals surface area contributed by atoms with Gasteiger partial charge < -0.3 is 9.84 Å². The molecule has 2 rings (SSSR count). The zero-order valence-electron chi connectivity index (χ0n) is 10.4. The maximum atomic E-state index is 13.5. The second-order valence-corrected chi connectivity index (χ2v) is 4.23. The van der Waals surface area contributed by atoms with Crippen molar-refractivity contribution in [1.29, 1.82) is 0 Å². The molecule has 0 heterocycles. The Hall–Kier alpha value is -2.36. The van der Waals surface area contributed by atoms with E-state index in [1.807, 2.05) is 0 Å². The highest BCUT2D eigenvalue weighted by Crippen LogP contribution is 2.19. The van der Waals surface area contributed by atoms with Crippen LogP contribution in [0, 0.1) is 12.7 Å². The smallest absolute Gasteiger partial charge is 0.335 e. The predicted octanol–water partition coefficient (Wildman–Crippen LogP) is 3.41. The molecular formula is C15H13FO3. The van der Waals surface area contributed by atoms with Crippen LogP contribution in [0.25, 0.3) is 0 Å². The molecule has 0 aliphatic heterocycles. The van der Waals surface area contributed by atoms with E-state index in [0.29, 0.717) is 5.56 Å². The highest BCUT2D eigenvalue weighted by molar-refractivity contribution is 5.87. The molecule has 1 N–H and O–H groups in total. The molecule has 2 aromatic rings. The maximum absolute atomic E-state index is 13.5. The van der Waals surface area contributed by atoms with Gasteiger partial charge in [0.05, 0.1) is 5.56 Å². The number of hydrogen-bond acceptors (Lipinski definition) is 2. The van der Waals surface area contributed by atoms with Crippen LogP contribution in [-0.2, 0) is 6.61 Å². The summed E-state index contributed by atoms with van der Waals surface area (Å²) in [5, 5.41) is 8.87. The Balaban J connectivity index is 2.10. The van der Waals surface area contributed by atoms with Crippen molar-refractivity contribution in [3.63, 3.8) is 0 Å². The first kappa shape index (κ1) is 13.1. The Kier molecular flexibility index (Phi) is 3.80. The summed E-state index contributed by atoms with van der Waals surface area (Å²) in [6.07, 6.45) is 0. The van der Waals surface area contributed by atoms with Gasteiger partial charge in [-0.2, -0.15) is 0 Å². The van der Waals surface area contributed by atoms with E-state index in [2.05, 4.69) is 0 Å². The Labute approximate surface area is 110 Å². The normalized spacial score (nSPS) is 10.2. The number of ether oxygens (including phenoxy) is 1. The molecular weight excluding hydrogens is 247 g/mol. The van der Waals surface area contributed by atoms with Gasteiger partial charge in [0, 0.05) is 0 Å².